The maximum atomic E-state index is 5.39. The molecule has 0 heterocycles. The molecule has 4 atom stereocenters. The van der Waals surface area contributed by atoms with E-state index in [0.29, 0.717) is 5.41 Å². The minimum absolute atomic E-state index is 0.491. The number of allylic oxidation sites excluding steroid dienone is 2. The maximum Gasteiger partial charge on any atom is 0.119 e. The average Bonchev–Trinajstić information content (AvgIpc) is 2.88. The lowest BCUT2D eigenvalue weighted by Crippen LogP contribution is -2.39. The molecule has 1 aromatic carbocycles. The van der Waals surface area contributed by atoms with Crippen molar-refractivity contribution in [2.45, 2.75) is 44.9 Å². The highest BCUT2D eigenvalue weighted by molar-refractivity contribution is 5.41. The molecule has 106 valence electrons. The molecule has 0 N–H and O–H groups in total. The largest absolute Gasteiger partial charge is 0.497 e. The van der Waals surface area contributed by atoms with E-state index in [2.05, 4.69) is 37.3 Å². The van der Waals surface area contributed by atoms with Gasteiger partial charge in [-0.15, -0.1) is 0 Å². The standard InChI is InChI=1S/C19H24O/c1-19-10-3-4-18(19)17-7-5-13-12-14(20-2)6-8-15(13)16(17)9-11-19/h3,6,8,10,12,16-18H,4-5,7,9,11H2,1-2H3/t16-,17-,18+,19+/m1/s1. The van der Waals surface area contributed by atoms with Crippen molar-refractivity contribution in [3.05, 3.63) is 41.5 Å². The molecule has 1 saturated carbocycles. The Morgan fingerprint density at radius 2 is 2.15 bits per heavy atom. The van der Waals surface area contributed by atoms with Crippen LogP contribution in [0.4, 0.5) is 0 Å². The SMILES string of the molecule is COc1ccc2c(c1)CC[C@@H]1[C@@H]2CC[C@]2(C)C=CC[C@@H]12. The summed E-state index contributed by atoms with van der Waals surface area (Å²) in [4.78, 5) is 0. The van der Waals surface area contributed by atoms with E-state index in [1.165, 1.54) is 32.1 Å². The first-order valence-electron chi connectivity index (χ1n) is 8.06. The topological polar surface area (TPSA) is 9.23 Å². The Morgan fingerprint density at radius 3 is 3.00 bits per heavy atom. The summed E-state index contributed by atoms with van der Waals surface area (Å²) in [6, 6.07) is 6.77. The van der Waals surface area contributed by atoms with Gasteiger partial charge < -0.3 is 4.74 Å². The Bertz CT molecular complexity index is 559. The van der Waals surface area contributed by atoms with Crippen molar-refractivity contribution in [2.24, 2.45) is 17.3 Å². The zero-order valence-electron chi connectivity index (χ0n) is 12.6. The van der Waals surface area contributed by atoms with Crippen LogP contribution in [0.15, 0.2) is 30.4 Å². The number of rotatable bonds is 1. The van der Waals surface area contributed by atoms with E-state index in [0.717, 1.165) is 23.5 Å². The smallest absolute Gasteiger partial charge is 0.119 e. The summed E-state index contributed by atoms with van der Waals surface area (Å²) in [5.74, 6) is 3.59. The number of hydrogen-bond donors (Lipinski definition) is 0. The first kappa shape index (κ1) is 12.5. The fourth-order valence-electron chi connectivity index (χ4n) is 5.17. The van der Waals surface area contributed by atoms with E-state index in [1.54, 1.807) is 18.2 Å². The summed E-state index contributed by atoms with van der Waals surface area (Å²) in [5, 5.41) is 0. The highest BCUT2D eigenvalue weighted by Gasteiger charge is 2.48. The van der Waals surface area contributed by atoms with Crippen LogP contribution in [0.2, 0.25) is 0 Å². The van der Waals surface area contributed by atoms with Crippen molar-refractivity contribution in [3.63, 3.8) is 0 Å². The molecule has 3 aliphatic carbocycles. The van der Waals surface area contributed by atoms with Crippen LogP contribution in [0.25, 0.3) is 0 Å². The number of aryl methyl sites for hydroxylation is 1. The molecular weight excluding hydrogens is 244 g/mol. The van der Waals surface area contributed by atoms with Crippen LogP contribution in [0.5, 0.6) is 5.75 Å². The van der Waals surface area contributed by atoms with Gasteiger partial charge in [-0.2, -0.15) is 0 Å². The van der Waals surface area contributed by atoms with Gasteiger partial charge in [-0.25, -0.2) is 0 Å². The van der Waals surface area contributed by atoms with Gasteiger partial charge in [-0.1, -0.05) is 25.1 Å². The van der Waals surface area contributed by atoms with Gasteiger partial charge in [-0.05, 0) is 78.5 Å². The third-order valence-electron chi connectivity index (χ3n) is 6.26. The summed E-state index contributed by atoms with van der Waals surface area (Å²) >= 11 is 0. The van der Waals surface area contributed by atoms with E-state index in [9.17, 15) is 0 Å². The Hall–Kier alpha value is -1.24. The predicted molar refractivity (Wildman–Crippen MR) is 82.1 cm³/mol. The second kappa shape index (κ2) is 4.38. The highest BCUT2D eigenvalue weighted by atomic mass is 16.5. The number of fused-ring (bicyclic) bond motifs is 5. The molecule has 0 bridgehead atoms. The van der Waals surface area contributed by atoms with Crippen LogP contribution in [0.1, 0.15) is 49.7 Å². The Kier molecular flexibility index (Phi) is 2.73. The molecule has 0 saturated heterocycles. The number of benzene rings is 1. The first-order chi connectivity index (χ1) is 9.71. The monoisotopic (exact) mass is 268 g/mol. The normalized spacial score (nSPS) is 38.0. The van der Waals surface area contributed by atoms with E-state index in [-0.39, 0.29) is 0 Å². The van der Waals surface area contributed by atoms with E-state index in [1.807, 2.05) is 0 Å². The molecule has 1 aromatic rings. The fourth-order valence-corrected chi connectivity index (χ4v) is 5.17. The van der Waals surface area contributed by atoms with Crippen LogP contribution < -0.4 is 4.74 Å². The van der Waals surface area contributed by atoms with Crippen molar-refractivity contribution < 1.29 is 4.74 Å². The van der Waals surface area contributed by atoms with Crippen molar-refractivity contribution in [3.8, 4) is 5.75 Å². The van der Waals surface area contributed by atoms with E-state index in [4.69, 9.17) is 4.74 Å². The van der Waals surface area contributed by atoms with Gasteiger partial charge in [0.05, 0.1) is 7.11 Å². The third kappa shape index (κ3) is 1.68. The zero-order chi connectivity index (χ0) is 13.7. The lowest BCUT2D eigenvalue weighted by molar-refractivity contribution is 0.0826. The molecular formula is C19H24O. The Morgan fingerprint density at radius 1 is 1.25 bits per heavy atom. The average molecular weight is 268 g/mol. The van der Waals surface area contributed by atoms with E-state index < -0.39 is 0 Å². The maximum absolute atomic E-state index is 5.39. The lowest BCUT2D eigenvalue weighted by atomic mass is 9.56. The number of methoxy groups -OCH3 is 1. The zero-order valence-corrected chi connectivity index (χ0v) is 12.6. The van der Waals surface area contributed by atoms with Crippen LogP contribution in [-0.2, 0) is 6.42 Å². The van der Waals surface area contributed by atoms with Gasteiger partial charge in [0.25, 0.3) is 0 Å². The van der Waals surface area contributed by atoms with Gasteiger partial charge in [0, 0.05) is 0 Å². The van der Waals surface area contributed by atoms with Crippen LogP contribution in [-0.4, -0.2) is 7.11 Å². The molecule has 0 radical (unpaired) electrons. The van der Waals surface area contributed by atoms with Crippen molar-refractivity contribution in [1.29, 1.82) is 0 Å². The van der Waals surface area contributed by atoms with Gasteiger partial charge in [-0.3, -0.25) is 0 Å². The van der Waals surface area contributed by atoms with Crippen LogP contribution >= 0.6 is 0 Å². The van der Waals surface area contributed by atoms with E-state index >= 15 is 0 Å². The number of hydrogen-bond acceptors (Lipinski definition) is 1. The Labute approximate surface area is 122 Å². The van der Waals surface area contributed by atoms with Crippen molar-refractivity contribution in [2.75, 3.05) is 7.11 Å². The Balaban J connectivity index is 1.70. The van der Waals surface area contributed by atoms with Gasteiger partial charge in [0.15, 0.2) is 0 Å². The highest BCUT2D eigenvalue weighted by Crippen LogP contribution is 2.58. The quantitative estimate of drug-likeness (QED) is 0.670. The molecule has 0 unspecified atom stereocenters. The molecule has 1 nitrogen and oxygen atoms in total. The molecule has 1 heteroatoms. The van der Waals surface area contributed by atoms with Gasteiger partial charge in [0.1, 0.15) is 5.75 Å². The fraction of sp³-hybridized carbons (Fsp3) is 0.579. The first-order valence-corrected chi connectivity index (χ1v) is 8.06. The predicted octanol–water partition coefficient (Wildman–Crippen LogP) is 4.72. The van der Waals surface area contributed by atoms with Gasteiger partial charge in [0.2, 0.25) is 0 Å². The third-order valence-corrected chi connectivity index (χ3v) is 6.26. The molecule has 3 aliphatic rings. The molecule has 0 aliphatic heterocycles. The molecule has 0 aromatic heterocycles. The molecule has 20 heavy (non-hydrogen) atoms. The van der Waals surface area contributed by atoms with Crippen molar-refractivity contribution in [1.82, 2.24) is 0 Å². The molecule has 0 spiro atoms. The summed E-state index contributed by atoms with van der Waals surface area (Å²) in [6.07, 6.45) is 11.6. The molecule has 0 amide bonds. The summed E-state index contributed by atoms with van der Waals surface area (Å²) in [5.41, 5.74) is 3.65. The summed E-state index contributed by atoms with van der Waals surface area (Å²) in [7, 11) is 1.77. The van der Waals surface area contributed by atoms with Crippen LogP contribution in [0, 0.1) is 17.3 Å². The summed E-state index contributed by atoms with van der Waals surface area (Å²) in [6.45, 7) is 2.49. The number of ether oxygens (including phenoxy) is 1. The van der Waals surface area contributed by atoms with Crippen LogP contribution in [0.3, 0.4) is 0 Å². The molecule has 4 rings (SSSR count). The van der Waals surface area contributed by atoms with Gasteiger partial charge >= 0.3 is 0 Å². The van der Waals surface area contributed by atoms with Crippen molar-refractivity contribution >= 4 is 0 Å². The second-order valence-corrected chi connectivity index (χ2v) is 7.16. The minimum Gasteiger partial charge on any atom is -0.497 e. The lowest BCUT2D eigenvalue weighted by Gasteiger charge is -2.49. The minimum atomic E-state index is 0.491. The summed E-state index contributed by atoms with van der Waals surface area (Å²) < 4.78 is 5.39. The molecule has 1 fully saturated rings. The second-order valence-electron chi connectivity index (χ2n) is 7.16.